The minimum atomic E-state index is -0.924. The van der Waals surface area contributed by atoms with E-state index in [-0.39, 0.29) is 11.7 Å². The highest BCUT2D eigenvalue weighted by Gasteiger charge is 2.18. The number of carboxylic acids is 1. The molecule has 0 saturated carbocycles. The molecule has 2 aromatic rings. The second kappa shape index (κ2) is 4.42. The van der Waals surface area contributed by atoms with Crippen LogP contribution in [0, 0.1) is 0 Å². The highest BCUT2D eigenvalue weighted by Crippen LogP contribution is 2.19. The molecular formula is C13H14N2O3. The molecule has 2 N–H and O–H groups in total. The second-order valence-corrected chi connectivity index (χ2v) is 4.56. The van der Waals surface area contributed by atoms with Crippen molar-refractivity contribution in [2.45, 2.75) is 25.4 Å². The zero-order valence-electron chi connectivity index (χ0n) is 9.85. The van der Waals surface area contributed by atoms with Gasteiger partial charge in [0.25, 0.3) is 0 Å². The third-order valence-corrected chi connectivity index (χ3v) is 3.22. The molecule has 1 aromatic heterocycles. The number of aromatic nitrogens is 2. The van der Waals surface area contributed by atoms with Gasteiger partial charge in [0.1, 0.15) is 5.82 Å². The van der Waals surface area contributed by atoms with E-state index in [1.807, 2.05) is 0 Å². The quantitative estimate of drug-likeness (QED) is 0.868. The lowest BCUT2D eigenvalue weighted by molar-refractivity contribution is 0.0697. The first-order valence-electron chi connectivity index (χ1n) is 6.06. The number of ether oxygens (including phenoxy) is 1. The molecule has 5 heteroatoms. The summed E-state index contributed by atoms with van der Waals surface area (Å²) >= 11 is 0. The number of benzene rings is 1. The number of aromatic carboxylic acids is 1. The maximum atomic E-state index is 10.9. The number of aromatic amines is 1. The van der Waals surface area contributed by atoms with Crippen molar-refractivity contribution in [2.75, 3.05) is 6.61 Å². The molecular weight excluding hydrogens is 232 g/mol. The Hall–Kier alpha value is -1.88. The summed E-state index contributed by atoms with van der Waals surface area (Å²) in [4.78, 5) is 18.5. The molecule has 5 nitrogen and oxygen atoms in total. The lowest BCUT2D eigenvalue weighted by Gasteiger charge is -2.05. The number of imidazole rings is 1. The summed E-state index contributed by atoms with van der Waals surface area (Å²) in [5.74, 6) is -0.0633. The highest BCUT2D eigenvalue weighted by molar-refractivity contribution is 5.92. The number of carboxylic acid groups (broad SMARTS) is 1. The van der Waals surface area contributed by atoms with E-state index in [0.717, 1.165) is 42.7 Å². The number of rotatable bonds is 3. The zero-order chi connectivity index (χ0) is 12.5. The monoisotopic (exact) mass is 246 g/mol. The Morgan fingerprint density at radius 3 is 3.17 bits per heavy atom. The molecule has 0 amide bonds. The fraction of sp³-hybridized carbons (Fsp3) is 0.385. The fourth-order valence-corrected chi connectivity index (χ4v) is 2.31. The molecule has 0 spiro atoms. The van der Waals surface area contributed by atoms with Crippen molar-refractivity contribution >= 4 is 17.0 Å². The molecule has 94 valence electrons. The highest BCUT2D eigenvalue weighted by atomic mass is 16.5. The van der Waals surface area contributed by atoms with Gasteiger partial charge in [-0.1, -0.05) is 0 Å². The van der Waals surface area contributed by atoms with Gasteiger partial charge in [0.05, 0.1) is 22.7 Å². The van der Waals surface area contributed by atoms with Gasteiger partial charge in [-0.3, -0.25) is 0 Å². The molecule has 0 aliphatic carbocycles. The van der Waals surface area contributed by atoms with Crippen LogP contribution in [0.25, 0.3) is 11.0 Å². The first-order chi connectivity index (χ1) is 8.72. The smallest absolute Gasteiger partial charge is 0.335 e. The average Bonchev–Trinajstić information content (AvgIpc) is 2.96. The standard InChI is InChI=1S/C13H14N2O3/c16-13(17)8-3-4-10-11(6-8)15-12(14-10)7-9-2-1-5-18-9/h3-4,6,9H,1-2,5,7H2,(H,14,15)(H,16,17). The predicted octanol–water partition coefficient (Wildman–Crippen LogP) is 1.98. The van der Waals surface area contributed by atoms with E-state index in [2.05, 4.69) is 9.97 Å². The van der Waals surface area contributed by atoms with Gasteiger partial charge in [-0.15, -0.1) is 0 Å². The largest absolute Gasteiger partial charge is 0.478 e. The minimum Gasteiger partial charge on any atom is -0.478 e. The Morgan fingerprint density at radius 2 is 2.44 bits per heavy atom. The molecule has 1 fully saturated rings. The topological polar surface area (TPSA) is 75.2 Å². The van der Waals surface area contributed by atoms with Gasteiger partial charge in [-0.25, -0.2) is 9.78 Å². The second-order valence-electron chi connectivity index (χ2n) is 4.56. The van der Waals surface area contributed by atoms with Crippen LogP contribution in [0.2, 0.25) is 0 Å². The normalized spacial score (nSPS) is 19.4. The van der Waals surface area contributed by atoms with Crippen molar-refractivity contribution in [3.05, 3.63) is 29.6 Å². The molecule has 0 radical (unpaired) electrons. The van der Waals surface area contributed by atoms with E-state index < -0.39 is 5.97 Å². The van der Waals surface area contributed by atoms with Crippen LogP contribution >= 0.6 is 0 Å². The van der Waals surface area contributed by atoms with Gasteiger partial charge in [-0.2, -0.15) is 0 Å². The van der Waals surface area contributed by atoms with Gasteiger partial charge in [0, 0.05) is 13.0 Å². The average molecular weight is 246 g/mol. The van der Waals surface area contributed by atoms with E-state index in [1.54, 1.807) is 18.2 Å². The van der Waals surface area contributed by atoms with Crippen LogP contribution in [0.15, 0.2) is 18.2 Å². The number of hydrogen-bond acceptors (Lipinski definition) is 3. The maximum absolute atomic E-state index is 10.9. The SMILES string of the molecule is O=C(O)c1ccc2nc(CC3CCCO3)[nH]c2c1. The number of carbonyl (C=O) groups is 1. The molecule has 1 aromatic carbocycles. The first kappa shape index (κ1) is 11.2. The summed E-state index contributed by atoms with van der Waals surface area (Å²) in [5.41, 5.74) is 1.84. The Bertz CT molecular complexity index is 585. The molecule has 2 heterocycles. The number of nitrogens with one attached hydrogen (secondary N) is 1. The lowest BCUT2D eigenvalue weighted by atomic mass is 10.2. The van der Waals surface area contributed by atoms with Crippen molar-refractivity contribution in [3.8, 4) is 0 Å². The van der Waals surface area contributed by atoms with Crippen LogP contribution in [0.4, 0.5) is 0 Å². The predicted molar refractivity (Wildman–Crippen MR) is 65.7 cm³/mol. The third-order valence-electron chi connectivity index (χ3n) is 3.22. The van der Waals surface area contributed by atoms with Crippen LogP contribution in [-0.2, 0) is 11.2 Å². The molecule has 1 saturated heterocycles. The van der Waals surface area contributed by atoms with E-state index in [1.165, 1.54) is 0 Å². The van der Waals surface area contributed by atoms with Gasteiger partial charge < -0.3 is 14.8 Å². The Morgan fingerprint density at radius 1 is 1.56 bits per heavy atom. The summed E-state index contributed by atoms with van der Waals surface area (Å²) < 4.78 is 5.56. The molecule has 0 bridgehead atoms. The summed E-state index contributed by atoms with van der Waals surface area (Å²) in [7, 11) is 0. The van der Waals surface area contributed by atoms with E-state index in [9.17, 15) is 4.79 Å². The molecule has 3 rings (SSSR count). The van der Waals surface area contributed by atoms with E-state index in [0.29, 0.717) is 0 Å². The number of nitrogens with zero attached hydrogens (tertiary/aromatic N) is 1. The van der Waals surface area contributed by atoms with Gasteiger partial charge in [0.2, 0.25) is 0 Å². The Kier molecular flexibility index (Phi) is 2.76. The molecule has 1 atom stereocenters. The van der Waals surface area contributed by atoms with Gasteiger partial charge in [-0.05, 0) is 31.0 Å². The van der Waals surface area contributed by atoms with Crippen LogP contribution in [0.5, 0.6) is 0 Å². The van der Waals surface area contributed by atoms with Gasteiger partial charge in [0.15, 0.2) is 0 Å². The van der Waals surface area contributed by atoms with Crippen LogP contribution < -0.4 is 0 Å². The van der Waals surface area contributed by atoms with E-state index in [4.69, 9.17) is 9.84 Å². The summed E-state index contributed by atoms with van der Waals surface area (Å²) in [6.07, 6.45) is 3.17. The van der Waals surface area contributed by atoms with Crippen LogP contribution in [-0.4, -0.2) is 33.8 Å². The molecule has 1 aliphatic rings. The van der Waals surface area contributed by atoms with Crippen molar-refractivity contribution < 1.29 is 14.6 Å². The maximum Gasteiger partial charge on any atom is 0.335 e. The van der Waals surface area contributed by atoms with E-state index >= 15 is 0 Å². The molecule has 18 heavy (non-hydrogen) atoms. The molecule has 1 aliphatic heterocycles. The Balaban J connectivity index is 1.87. The first-order valence-corrected chi connectivity index (χ1v) is 6.06. The van der Waals surface area contributed by atoms with Crippen molar-refractivity contribution in [1.82, 2.24) is 9.97 Å². The van der Waals surface area contributed by atoms with Crippen molar-refractivity contribution in [3.63, 3.8) is 0 Å². The van der Waals surface area contributed by atoms with Crippen molar-refractivity contribution in [2.24, 2.45) is 0 Å². The summed E-state index contributed by atoms with van der Waals surface area (Å²) in [5, 5.41) is 8.93. The lowest BCUT2D eigenvalue weighted by Crippen LogP contribution is -2.09. The van der Waals surface area contributed by atoms with Crippen LogP contribution in [0.1, 0.15) is 29.0 Å². The molecule has 1 unspecified atom stereocenters. The minimum absolute atomic E-state index is 0.240. The number of fused-ring (bicyclic) bond motifs is 1. The zero-order valence-corrected chi connectivity index (χ0v) is 9.85. The summed E-state index contributed by atoms with van der Waals surface area (Å²) in [6.45, 7) is 0.827. The van der Waals surface area contributed by atoms with Crippen molar-refractivity contribution in [1.29, 1.82) is 0 Å². The number of hydrogen-bond donors (Lipinski definition) is 2. The van der Waals surface area contributed by atoms with Gasteiger partial charge >= 0.3 is 5.97 Å². The summed E-state index contributed by atoms with van der Waals surface area (Å²) in [6, 6.07) is 4.92. The third kappa shape index (κ3) is 2.09. The number of H-pyrrole nitrogens is 1. The van der Waals surface area contributed by atoms with Crippen LogP contribution in [0.3, 0.4) is 0 Å². The fourth-order valence-electron chi connectivity index (χ4n) is 2.31. The Labute approximate surface area is 104 Å².